The van der Waals surface area contributed by atoms with E-state index in [-0.39, 0.29) is 24.1 Å². The van der Waals surface area contributed by atoms with E-state index in [0.717, 1.165) is 6.07 Å². The Bertz CT molecular complexity index is 1000. The number of nitrogens with zero attached hydrogens (tertiary/aromatic N) is 2. The van der Waals surface area contributed by atoms with E-state index >= 15 is 0 Å². The van der Waals surface area contributed by atoms with E-state index < -0.39 is 17.5 Å². The average molecular weight is 386 g/mol. The Balaban J connectivity index is 1.58. The summed E-state index contributed by atoms with van der Waals surface area (Å²) >= 11 is 0. The number of halogens is 2. The minimum absolute atomic E-state index is 0.123. The molecule has 0 fully saturated rings. The fraction of sp³-hybridized carbons (Fsp3) is 0.105. The lowest BCUT2D eigenvalue weighted by Crippen LogP contribution is -2.14. The molecule has 0 atom stereocenters. The molecule has 3 rings (SSSR count). The summed E-state index contributed by atoms with van der Waals surface area (Å²) in [6.07, 6.45) is 1.50. The monoisotopic (exact) mass is 386 g/mol. The van der Waals surface area contributed by atoms with Gasteiger partial charge in [-0.2, -0.15) is 5.10 Å². The first-order chi connectivity index (χ1) is 13.4. The fourth-order valence-electron chi connectivity index (χ4n) is 2.32. The zero-order valence-electron chi connectivity index (χ0n) is 14.8. The molecule has 0 aliphatic heterocycles. The van der Waals surface area contributed by atoms with Crippen molar-refractivity contribution >= 4 is 23.2 Å². The van der Waals surface area contributed by atoms with Crippen LogP contribution in [-0.4, -0.2) is 21.6 Å². The van der Waals surface area contributed by atoms with Crippen molar-refractivity contribution in [3.05, 3.63) is 72.1 Å². The van der Waals surface area contributed by atoms with Crippen LogP contribution in [0.5, 0.6) is 5.75 Å². The van der Waals surface area contributed by atoms with Gasteiger partial charge in [-0.05, 0) is 42.5 Å². The molecule has 2 N–H and O–H groups in total. The maximum Gasteiger partial charge on any atom is 0.276 e. The quantitative estimate of drug-likeness (QED) is 0.680. The molecule has 1 heterocycles. The summed E-state index contributed by atoms with van der Waals surface area (Å²) in [7, 11) is 0. The Morgan fingerprint density at radius 1 is 1.04 bits per heavy atom. The Kier molecular flexibility index (Phi) is 5.64. The number of nitrogens with one attached hydrogen (secondary N) is 2. The molecule has 7 nitrogen and oxygen atoms in total. The van der Waals surface area contributed by atoms with Crippen molar-refractivity contribution in [3.63, 3.8) is 0 Å². The zero-order valence-corrected chi connectivity index (χ0v) is 14.8. The zero-order chi connectivity index (χ0) is 20.1. The van der Waals surface area contributed by atoms with Crippen LogP contribution in [0.2, 0.25) is 0 Å². The molecule has 0 unspecified atom stereocenters. The van der Waals surface area contributed by atoms with Crippen LogP contribution in [0.4, 0.5) is 20.2 Å². The first-order valence-corrected chi connectivity index (χ1v) is 8.21. The van der Waals surface area contributed by atoms with Crippen LogP contribution in [-0.2, 0) is 11.5 Å². The second kappa shape index (κ2) is 8.30. The van der Waals surface area contributed by atoms with Crippen LogP contribution in [0.3, 0.4) is 0 Å². The van der Waals surface area contributed by atoms with E-state index in [9.17, 15) is 18.4 Å². The first kappa shape index (κ1) is 19.0. The normalized spacial score (nSPS) is 10.4. The number of carbonyl (C=O) groups excluding carboxylic acids is 2. The van der Waals surface area contributed by atoms with Gasteiger partial charge in [-0.15, -0.1) is 0 Å². The van der Waals surface area contributed by atoms with Crippen molar-refractivity contribution in [2.75, 3.05) is 10.6 Å². The van der Waals surface area contributed by atoms with Gasteiger partial charge >= 0.3 is 0 Å². The Morgan fingerprint density at radius 2 is 1.71 bits per heavy atom. The van der Waals surface area contributed by atoms with Crippen LogP contribution < -0.4 is 15.4 Å². The number of amides is 2. The number of ether oxygens (including phenoxy) is 1. The number of aromatic nitrogens is 2. The number of anilines is 2. The second-order valence-corrected chi connectivity index (χ2v) is 5.80. The van der Waals surface area contributed by atoms with Gasteiger partial charge in [-0.1, -0.05) is 0 Å². The molecule has 2 amide bonds. The molecule has 3 aromatic rings. The number of benzene rings is 2. The lowest BCUT2D eigenvalue weighted by molar-refractivity contribution is -0.114. The first-order valence-electron chi connectivity index (χ1n) is 8.21. The second-order valence-electron chi connectivity index (χ2n) is 5.80. The van der Waals surface area contributed by atoms with Gasteiger partial charge in [0.1, 0.15) is 5.82 Å². The lowest BCUT2D eigenvalue weighted by Gasteiger charge is -2.07. The predicted octanol–water partition coefficient (Wildman–Crippen LogP) is 3.41. The SMILES string of the molecule is CC(=O)Nc1ccc(NC(=O)c2ccn(COc3ccc(F)cc3F)n2)cc1. The van der Waals surface area contributed by atoms with Gasteiger partial charge in [0.05, 0.1) is 0 Å². The highest BCUT2D eigenvalue weighted by atomic mass is 19.1. The van der Waals surface area contributed by atoms with Crippen LogP contribution in [0.15, 0.2) is 54.7 Å². The van der Waals surface area contributed by atoms with Crippen molar-refractivity contribution in [2.24, 2.45) is 0 Å². The van der Waals surface area contributed by atoms with E-state index in [1.165, 1.54) is 29.9 Å². The average Bonchev–Trinajstić information content (AvgIpc) is 3.11. The third kappa shape index (κ3) is 4.91. The molecule has 28 heavy (non-hydrogen) atoms. The highest BCUT2D eigenvalue weighted by molar-refractivity contribution is 6.03. The molecule has 9 heteroatoms. The van der Waals surface area contributed by atoms with Crippen molar-refractivity contribution in [1.82, 2.24) is 9.78 Å². The molecular weight excluding hydrogens is 370 g/mol. The largest absolute Gasteiger partial charge is 0.468 e. The minimum atomic E-state index is -0.826. The Morgan fingerprint density at radius 3 is 2.36 bits per heavy atom. The van der Waals surface area contributed by atoms with Gasteiger partial charge in [0.15, 0.2) is 24.0 Å². The molecule has 0 saturated heterocycles. The molecule has 144 valence electrons. The predicted molar refractivity (Wildman–Crippen MR) is 97.9 cm³/mol. The van der Waals surface area contributed by atoms with E-state index in [1.54, 1.807) is 24.3 Å². The Hall–Kier alpha value is -3.75. The van der Waals surface area contributed by atoms with Crippen LogP contribution in [0.1, 0.15) is 17.4 Å². The van der Waals surface area contributed by atoms with Crippen LogP contribution in [0, 0.1) is 11.6 Å². The summed E-state index contributed by atoms with van der Waals surface area (Å²) in [5, 5.41) is 9.35. The highest BCUT2D eigenvalue weighted by Crippen LogP contribution is 2.18. The van der Waals surface area contributed by atoms with Gasteiger partial charge in [0.2, 0.25) is 5.91 Å². The summed E-state index contributed by atoms with van der Waals surface area (Å²) in [6, 6.07) is 11.0. The maximum atomic E-state index is 13.5. The van der Waals surface area contributed by atoms with Gasteiger partial charge in [-0.25, -0.2) is 13.5 Å². The topological polar surface area (TPSA) is 85.2 Å². The third-order valence-corrected chi connectivity index (χ3v) is 3.58. The molecule has 0 spiro atoms. The summed E-state index contributed by atoms with van der Waals surface area (Å²) < 4.78 is 33.0. The molecule has 1 aromatic heterocycles. The molecule has 0 bridgehead atoms. The number of carbonyl (C=O) groups is 2. The summed E-state index contributed by atoms with van der Waals surface area (Å²) in [5.74, 6) is -2.29. The number of hydrogen-bond acceptors (Lipinski definition) is 4. The van der Waals surface area contributed by atoms with Crippen molar-refractivity contribution in [3.8, 4) is 5.75 Å². The van der Waals surface area contributed by atoms with Gasteiger partial charge in [-0.3, -0.25) is 9.59 Å². The van der Waals surface area contributed by atoms with E-state index in [4.69, 9.17) is 4.74 Å². The van der Waals surface area contributed by atoms with E-state index in [1.807, 2.05) is 0 Å². The standard InChI is InChI=1S/C19H16F2N4O3/c1-12(26)22-14-3-5-15(6-4-14)23-19(27)17-8-9-25(24-17)11-28-18-7-2-13(20)10-16(18)21/h2-10H,11H2,1H3,(H,22,26)(H,23,27). The number of hydrogen-bond donors (Lipinski definition) is 2. The molecule has 0 radical (unpaired) electrons. The molecule has 2 aromatic carbocycles. The lowest BCUT2D eigenvalue weighted by atomic mass is 10.2. The smallest absolute Gasteiger partial charge is 0.276 e. The molecular formula is C19H16F2N4O3. The molecule has 0 aliphatic rings. The van der Waals surface area contributed by atoms with Crippen LogP contribution in [0.25, 0.3) is 0 Å². The minimum Gasteiger partial charge on any atom is -0.468 e. The maximum absolute atomic E-state index is 13.5. The highest BCUT2D eigenvalue weighted by Gasteiger charge is 2.11. The van der Waals surface area contributed by atoms with Gasteiger partial charge in [0.25, 0.3) is 5.91 Å². The van der Waals surface area contributed by atoms with Crippen molar-refractivity contribution in [2.45, 2.75) is 13.7 Å². The molecule has 0 aliphatic carbocycles. The Labute approximate surface area is 158 Å². The molecule has 0 saturated carbocycles. The fourth-order valence-corrected chi connectivity index (χ4v) is 2.32. The van der Waals surface area contributed by atoms with Crippen molar-refractivity contribution in [1.29, 1.82) is 0 Å². The summed E-state index contributed by atoms with van der Waals surface area (Å²) in [6.45, 7) is 1.25. The van der Waals surface area contributed by atoms with Crippen LogP contribution >= 0.6 is 0 Å². The summed E-state index contributed by atoms with van der Waals surface area (Å²) in [5.41, 5.74) is 1.27. The van der Waals surface area contributed by atoms with E-state index in [2.05, 4.69) is 15.7 Å². The number of rotatable bonds is 6. The summed E-state index contributed by atoms with van der Waals surface area (Å²) in [4.78, 5) is 23.3. The van der Waals surface area contributed by atoms with Crippen molar-refractivity contribution < 1.29 is 23.1 Å². The van der Waals surface area contributed by atoms with Gasteiger partial charge in [0, 0.05) is 30.6 Å². The van der Waals surface area contributed by atoms with Gasteiger partial charge < -0.3 is 15.4 Å². The third-order valence-electron chi connectivity index (χ3n) is 3.58. The van der Waals surface area contributed by atoms with E-state index in [0.29, 0.717) is 17.4 Å².